The summed E-state index contributed by atoms with van der Waals surface area (Å²) in [6, 6.07) is 6.67. The first-order chi connectivity index (χ1) is 9.35. The van der Waals surface area contributed by atoms with Gasteiger partial charge < -0.3 is 10.2 Å². The third-order valence-corrected chi connectivity index (χ3v) is 4.00. The lowest BCUT2D eigenvalue weighted by Gasteiger charge is -2.28. The first-order valence-electron chi connectivity index (χ1n) is 7.19. The van der Waals surface area contributed by atoms with Crippen LogP contribution in [-0.2, 0) is 0 Å². The maximum atomic E-state index is 8.98. The number of rotatable bonds is 5. The quantitative estimate of drug-likeness (QED) is 0.874. The van der Waals surface area contributed by atoms with Gasteiger partial charge in [-0.15, -0.1) is 0 Å². The van der Waals surface area contributed by atoms with Gasteiger partial charge in [0, 0.05) is 31.0 Å². The van der Waals surface area contributed by atoms with Crippen molar-refractivity contribution < 1.29 is 0 Å². The molecule has 1 aliphatic heterocycles. The molecule has 0 bridgehead atoms. The van der Waals surface area contributed by atoms with Crippen LogP contribution in [0.2, 0.25) is 0 Å². The Labute approximate surface area is 114 Å². The molecule has 1 aromatic heterocycles. The van der Waals surface area contributed by atoms with Crippen LogP contribution < -0.4 is 10.2 Å². The molecular formula is C15H20N4. The molecule has 2 heterocycles. The molecule has 1 saturated carbocycles. The third-order valence-electron chi connectivity index (χ3n) is 4.00. The molecule has 100 valence electrons. The van der Waals surface area contributed by atoms with Gasteiger partial charge in [0.15, 0.2) is 0 Å². The Morgan fingerprint density at radius 3 is 2.95 bits per heavy atom. The number of hydrogen-bond donors (Lipinski definition) is 1. The van der Waals surface area contributed by atoms with Gasteiger partial charge in [0.25, 0.3) is 0 Å². The number of anilines is 1. The average Bonchev–Trinajstić information content (AvgIpc) is 3.12. The Kier molecular flexibility index (Phi) is 3.65. The maximum Gasteiger partial charge on any atom is 0.142 e. The smallest absolute Gasteiger partial charge is 0.142 e. The van der Waals surface area contributed by atoms with Crippen molar-refractivity contribution in [1.29, 1.82) is 5.26 Å². The summed E-state index contributed by atoms with van der Waals surface area (Å²) in [5, 5.41) is 12.5. The fourth-order valence-electron chi connectivity index (χ4n) is 2.75. The van der Waals surface area contributed by atoms with E-state index in [1.165, 1.54) is 25.7 Å². The van der Waals surface area contributed by atoms with Crippen LogP contribution in [-0.4, -0.2) is 30.7 Å². The lowest BCUT2D eigenvalue weighted by molar-refractivity contribution is 0.570. The van der Waals surface area contributed by atoms with Crippen molar-refractivity contribution >= 4 is 5.69 Å². The molecule has 1 N–H and O–H groups in total. The van der Waals surface area contributed by atoms with Crippen molar-refractivity contribution in [1.82, 2.24) is 10.3 Å². The van der Waals surface area contributed by atoms with Gasteiger partial charge in [0.1, 0.15) is 11.8 Å². The van der Waals surface area contributed by atoms with Gasteiger partial charge >= 0.3 is 0 Å². The van der Waals surface area contributed by atoms with E-state index >= 15 is 0 Å². The highest BCUT2D eigenvalue weighted by Crippen LogP contribution is 2.31. The second-order valence-electron chi connectivity index (χ2n) is 5.65. The van der Waals surface area contributed by atoms with Crippen molar-refractivity contribution in [2.24, 2.45) is 5.92 Å². The molecule has 1 aromatic rings. The van der Waals surface area contributed by atoms with Gasteiger partial charge in [-0.05, 0) is 50.3 Å². The van der Waals surface area contributed by atoms with Crippen molar-refractivity contribution in [3.05, 3.63) is 24.0 Å². The summed E-state index contributed by atoms with van der Waals surface area (Å²) in [4.78, 5) is 6.50. The normalized spacial score (nSPS) is 22.2. The first-order valence-corrected chi connectivity index (χ1v) is 7.19. The van der Waals surface area contributed by atoms with Gasteiger partial charge in [-0.3, -0.25) is 0 Å². The lowest BCUT2D eigenvalue weighted by atomic mass is 10.2. The molecule has 19 heavy (non-hydrogen) atoms. The molecule has 3 rings (SSSR count). The summed E-state index contributed by atoms with van der Waals surface area (Å²) in [6.45, 7) is 3.31. The number of hydrogen-bond acceptors (Lipinski definition) is 4. The summed E-state index contributed by atoms with van der Waals surface area (Å²) >= 11 is 0. The monoisotopic (exact) mass is 256 g/mol. The summed E-state index contributed by atoms with van der Waals surface area (Å²) in [5.41, 5.74) is 1.66. The second-order valence-corrected chi connectivity index (χ2v) is 5.65. The van der Waals surface area contributed by atoms with Gasteiger partial charge in [-0.2, -0.15) is 5.26 Å². The summed E-state index contributed by atoms with van der Waals surface area (Å²) in [5.74, 6) is 0.847. The van der Waals surface area contributed by atoms with Crippen LogP contribution in [0.15, 0.2) is 18.3 Å². The Bertz CT molecular complexity index is 469. The predicted octanol–water partition coefficient (Wildman–Crippen LogP) is 1.92. The van der Waals surface area contributed by atoms with E-state index < -0.39 is 0 Å². The van der Waals surface area contributed by atoms with Gasteiger partial charge in [0.05, 0.1) is 0 Å². The van der Waals surface area contributed by atoms with Crippen LogP contribution in [0.1, 0.15) is 31.4 Å². The Hall–Kier alpha value is -1.60. The molecule has 4 nitrogen and oxygen atoms in total. The zero-order valence-corrected chi connectivity index (χ0v) is 11.2. The maximum absolute atomic E-state index is 8.98. The first kappa shape index (κ1) is 12.4. The fraction of sp³-hybridized carbons (Fsp3) is 0.600. The zero-order valence-electron chi connectivity index (χ0n) is 11.2. The number of aromatic nitrogens is 1. The molecule has 0 spiro atoms. The van der Waals surface area contributed by atoms with E-state index in [1.807, 2.05) is 12.1 Å². The third kappa shape index (κ3) is 3.24. The van der Waals surface area contributed by atoms with Gasteiger partial charge in [-0.25, -0.2) is 4.98 Å². The topological polar surface area (TPSA) is 52.0 Å². The lowest BCUT2D eigenvalue weighted by Crippen LogP contribution is -2.38. The van der Waals surface area contributed by atoms with Crippen molar-refractivity contribution in [3.8, 4) is 6.07 Å². The van der Waals surface area contributed by atoms with Crippen molar-refractivity contribution in [3.63, 3.8) is 0 Å². The minimum absolute atomic E-state index is 0.512. The molecular weight excluding hydrogens is 236 g/mol. The molecule has 0 amide bonds. The number of nitriles is 1. The molecule has 1 atom stereocenters. The van der Waals surface area contributed by atoms with Crippen molar-refractivity contribution in [2.45, 2.75) is 31.7 Å². The van der Waals surface area contributed by atoms with Crippen LogP contribution in [0.25, 0.3) is 0 Å². The van der Waals surface area contributed by atoms with E-state index in [1.54, 1.807) is 6.20 Å². The molecule has 1 aliphatic carbocycles. The van der Waals surface area contributed by atoms with Crippen LogP contribution in [0.4, 0.5) is 5.69 Å². The van der Waals surface area contributed by atoms with E-state index in [2.05, 4.69) is 21.3 Å². The highest BCUT2D eigenvalue weighted by molar-refractivity contribution is 5.49. The van der Waals surface area contributed by atoms with Crippen LogP contribution >= 0.6 is 0 Å². The van der Waals surface area contributed by atoms with Crippen LogP contribution in [0, 0.1) is 17.2 Å². The largest absolute Gasteiger partial charge is 0.370 e. The molecule has 0 aromatic carbocycles. The summed E-state index contributed by atoms with van der Waals surface area (Å²) in [7, 11) is 0. The summed E-state index contributed by atoms with van der Waals surface area (Å²) in [6.07, 6.45) is 6.99. The average molecular weight is 256 g/mol. The van der Waals surface area contributed by atoms with E-state index in [-0.39, 0.29) is 0 Å². The SMILES string of the molecule is N#Cc1cc(N(CC2CC2)CC2CCCN2)ccn1. The van der Waals surface area contributed by atoms with Gasteiger partial charge in [0.2, 0.25) is 0 Å². The highest BCUT2D eigenvalue weighted by Gasteiger charge is 2.26. The number of nitrogens with zero attached hydrogens (tertiary/aromatic N) is 3. The number of pyridine rings is 1. The van der Waals surface area contributed by atoms with E-state index in [0.717, 1.165) is 31.2 Å². The molecule has 2 fully saturated rings. The predicted molar refractivity (Wildman–Crippen MR) is 74.9 cm³/mol. The molecule has 0 radical (unpaired) electrons. The molecule has 1 unspecified atom stereocenters. The molecule has 2 aliphatic rings. The Balaban J connectivity index is 1.74. The Morgan fingerprint density at radius 2 is 2.26 bits per heavy atom. The van der Waals surface area contributed by atoms with Crippen LogP contribution in [0.5, 0.6) is 0 Å². The zero-order chi connectivity index (χ0) is 13.1. The minimum atomic E-state index is 0.512. The molecule has 4 heteroatoms. The van der Waals surface area contributed by atoms with E-state index in [9.17, 15) is 0 Å². The summed E-state index contributed by atoms with van der Waals surface area (Å²) < 4.78 is 0. The highest BCUT2D eigenvalue weighted by atomic mass is 15.2. The van der Waals surface area contributed by atoms with Crippen LogP contribution in [0.3, 0.4) is 0 Å². The van der Waals surface area contributed by atoms with E-state index in [0.29, 0.717) is 11.7 Å². The minimum Gasteiger partial charge on any atom is -0.370 e. The van der Waals surface area contributed by atoms with Crippen molar-refractivity contribution in [2.75, 3.05) is 24.5 Å². The Morgan fingerprint density at radius 1 is 1.37 bits per heavy atom. The van der Waals surface area contributed by atoms with E-state index in [4.69, 9.17) is 5.26 Å². The standard InChI is InChI=1S/C15H20N4/c16-9-14-8-15(5-7-18-14)19(10-12-3-4-12)11-13-2-1-6-17-13/h5,7-8,12-13,17H,1-4,6,10-11H2. The fourth-order valence-corrected chi connectivity index (χ4v) is 2.75. The molecule has 1 saturated heterocycles. The van der Waals surface area contributed by atoms with Gasteiger partial charge in [-0.1, -0.05) is 0 Å². The number of nitrogens with one attached hydrogen (secondary N) is 1. The second kappa shape index (κ2) is 5.58.